The van der Waals surface area contributed by atoms with Gasteiger partial charge >= 0.3 is 0 Å². The van der Waals surface area contributed by atoms with Crippen molar-refractivity contribution in [2.75, 3.05) is 13.1 Å². The lowest BCUT2D eigenvalue weighted by Gasteiger charge is -2.33. The van der Waals surface area contributed by atoms with E-state index in [-0.39, 0.29) is 30.6 Å². The molecule has 25 heavy (non-hydrogen) atoms. The monoisotopic (exact) mass is 343 g/mol. The Bertz CT molecular complexity index is 630. The van der Waals surface area contributed by atoms with Crippen molar-refractivity contribution in [3.05, 3.63) is 34.9 Å². The first-order valence-corrected chi connectivity index (χ1v) is 9.65. The zero-order valence-electron chi connectivity index (χ0n) is 15.2. The molecule has 1 saturated heterocycles. The minimum absolute atomic E-state index is 0.0651. The SMILES string of the molecule is CC(O)C1CCN(C(=O)CCC(=O)c2ccc3c(c2)CCCC3)CC1. The van der Waals surface area contributed by atoms with E-state index in [9.17, 15) is 14.7 Å². The predicted molar refractivity (Wildman–Crippen MR) is 97.6 cm³/mol. The number of fused-ring (bicyclic) bond motifs is 1. The average Bonchev–Trinajstić information content (AvgIpc) is 2.65. The van der Waals surface area contributed by atoms with Crippen molar-refractivity contribution in [1.82, 2.24) is 4.90 Å². The molecular formula is C21H29NO3. The number of ketones is 1. The van der Waals surface area contributed by atoms with Crippen LogP contribution in [-0.2, 0) is 17.6 Å². The highest BCUT2D eigenvalue weighted by Crippen LogP contribution is 2.24. The summed E-state index contributed by atoms with van der Waals surface area (Å²) in [5.41, 5.74) is 3.43. The molecule has 3 rings (SSSR count). The van der Waals surface area contributed by atoms with Crippen LogP contribution in [0.3, 0.4) is 0 Å². The van der Waals surface area contributed by atoms with Crippen molar-refractivity contribution in [3.8, 4) is 0 Å². The summed E-state index contributed by atoms with van der Waals surface area (Å²) in [6.07, 6.45) is 6.58. The molecule has 0 saturated carbocycles. The van der Waals surface area contributed by atoms with E-state index < -0.39 is 0 Å². The second kappa shape index (κ2) is 8.13. The Morgan fingerprint density at radius 3 is 2.48 bits per heavy atom. The summed E-state index contributed by atoms with van der Waals surface area (Å²) in [6, 6.07) is 6.05. The van der Waals surface area contributed by atoms with Crippen molar-refractivity contribution in [2.24, 2.45) is 5.92 Å². The Hall–Kier alpha value is -1.68. The number of benzene rings is 1. The molecule has 1 fully saturated rings. The molecule has 1 unspecified atom stereocenters. The number of rotatable bonds is 5. The van der Waals surface area contributed by atoms with Crippen molar-refractivity contribution >= 4 is 11.7 Å². The van der Waals surface area contributed by atoms with Crippen molar-refractivity contribution in [1.29, 1.82) is 0 Å². The minimum atomic E-state index is -0.303. The van der Waals surface area contributed by atoms with Gasteiger partial charge in [-0.15, -0.1) is 0 Å². The maximum absolute atomic E-state index is 12.5. The zero-order chi connectivity index (χ0) is 17.8. The van der Waals surface area contributed by atoms with Crippen LogP contribution in [0.2, 0.25) is 0 Å². The maximum atomic E-state index is 12.5. The molecule has 1 aromatic carbocycles. The highest BCUT2D eigenvalue weighted by Gasteiger charge is 2.25. The number of amides is 1. The first-order valence-electron chi connectivity index (χ1n) is 9.65. The van der Waals surface area contributed by atoms with E-state index in [1.165, 1.54) is 24.0 Å². The molecule has 1 atom stereocenters. The average molecular weight is 343 g/mol. The molecular weight excluding hydrogens is 314 g/mol. The van der Waals surface area contributed by atoms with E-state index in [0.29, 0.717) is 19.0 Å². The lowest BCUT2D eigenvalue weighted by Crippen LogP contribution is -2.40. The number of piperidine rings is 1. The van der Waals surface area contributed by atoms with Gasteiger partial charge in [0.1, 0.15) is 0 Å². The molecule has 1 amide bonds. The molecule has 0 spiro atoms. The third kappa shape index (κ3) is 4.49. The highest BCUT2D eigenvalue weighted by atomic mass is 16.3. The number of carbonyl (C=O) groups is 2. The molecule has 1 heterocycles. The van der Waals surface area contributed by atoms with Crippen LogP contribution in [0.1, 0.15) is 66.9 Å². The first-order chi connectivity index (χ1) is 12.0. The number of nitrogens with zero attached hydrogens (tertiary/aromatic N) is 1. The van der Waals surface area contributed by atoms with Crippen molar-refractivity contribution in [3.63, 3.8) is 0 Å². The van der Waals surface area contributed by atoms with Crippen LogP contribution in [0.4, 0.5) is 0 Å². The summed E-state index contributed by atoms with van der Waals surface area (Å²) < 4.78 is 0. The van der Waals surface area contributed by atoms with Crippen LogP contribution in [0.5, 0.6) is 0 Å². The number of Topliss-reactive ketones (excluding diaryl/α,β-unsaturated/α-hetero) is 1. The van der Waals surface area contributed by atoms with Crippen LogP contribution in [0.25, 0.3) is 0 Å². The first kappa shape index (κ1) is 18.1. The summed E-state index contributed by atoms with van der Waals surface area (Å²) in [7, 11) is 0. The van der Waals surface area contributed by atoms with Gasteiger partial charge in [-0.05, 0) is 68.6 Å². The van der Waals surface area contributed by atoms with Crippen LogP contribution in [0.15, 0.2) is 18.2 Å². The van der Waals surface area contributed by atoms with Gasteiger partial charge in [-0.25, -0.2) is 0 Å². The smallest absolute Gasteiger partial charge is 0.223 e. The Kier molecular flexibility index (Phi) is 5.89. The molecule has 1 N–H and O–H groups in total. The second-order valence-electron chi connectivity index (χ2n) is 7.57. The van der Waals surface area contributed by atoms with Gasteiger partial charge in [0.05, 0.1) is 6.10 Å². The van der Waals surface area contributed by atoms with E-state index in [1.54, 1.807) is 0 Å². The second-order valence-corrected chi connectivity index (χ2v) is 7.57. The maximum Gasteiger partial charge on any atom is 0.223 e. The standard InChI is InChI=1S/C21H29NO3/c1-15(23)16-10-12-22(13-11-16)21(25)9-8-20(24)19-7-6-17-4-2-3-5-18(17)14-19/h6-7,14-16,23H,2-5,8-13H2,1H3. The van der Waals surface area contributed by atoms with E-state index >= 15 is 0 Å². The van der Waals surface area contributed by atoms with E-state index in [4.69, 9.17) is 0 Å². The fourth-order valence-corrected chi connectivity index (χ4v) is 4.06. The fourth-order valence-electron chi connectivity index (χ4n) is 4.06. The van der Waals surface area contributed by atoms with Gasteiger partial charge in [0.25, 0.3) is 0 Å². The molecule has 1 aromatic rings. The Balaban J connectivity index is 1.50. The van der Waals surface area contributed by atoms with E-state index in [2.05, 4.69) is 6.07 Å². The Morgan fingerprint density at radius 1 is 1.12 bits per heavy atom. The topological polar surface area (TPSA) is 57.6 Å². The van der Waals surface area contributed by atoms with Gasteiger partial charge in [0, 0.05) is 31.5 Å². The number of hydrogen-bond donors (Lipinski definition) is 1. The molecule has 0 radical (unpaired) electrons. The number of aryl methyl sites for hydroxylation is 2. The summed E-state index contributed by atoms with van der Waals surface area (Å²) in [5, 5.41) is 9.64. The highest BCUT2D eigenvalue weighted by molar-refractivity contribution is 5.98. The molecule has 0 bridgehead atoms. The fraction of sp³-hybridized carbons (Fsp3) is 0.619. The number of aliphatic hydroxyl groups excluding tert-OH is 1. The summed E-state index contributed by atoms with van der Waals surface area (Å²) >= 11 is 0. The van der Waals surface area contributed by atoms with Gasteiger partial charge in [-0.2, -0.15) is 0 Å². The van der Waals surface area contributed by atoms with Gasteiger partial charge in [0.15, 0.2) is 5.78 Å². The van der Waals surface area contributed by atoms with Crippen LogP contribution in [-0.4, -0.2) is 40.9 Å². The minimum Gasteiger partial charge on any atom is -0.393 e. The van der Waals surface area contributed by atoms with E-state index in [0.717, 1.165) is 31.2 Å². The van der Waals surface area contributed by atoms with Crippen molar-refractivity contribution < 1.29 is 14.7 Å². The van der Waals surface area contributed by atoms with Crippen LogP contribution in [0, 0.1) is 5.92 Å². The summed E-state index contributed by atoms with van der Waals surface area (Å²) in [5.74, 6) is 0.428. The van der Waals surface area contributed by atoms with Gasteiger partial charge in [-0.1, -0.05) is 12.1 Å². The van der Waals surface area contributed by atoms with Crippen LogP contribution < -0.4 is 0 Å². The number of hydrogen-bond acceptors (Lipinski definition) is 3. The van der Waals surface area contributed by atoms with Gasteiger partial charge < -0.3 is 10.0 Å². The summed E-state index contributed by atoms with van der Waals surface area (Å²) in [6.45, 7) is 3.21. The number of aliphatic hydroxyl groups is 1. The van der Waals surface area contributed by atoms with Gasteiger partial charge in [0.2, 0.25) is 5.91 Å². The summed E-state index contributed by atoms with van der Waals surface area (Å²) in [4.78, 5) is 26.7. The molecule has 1 aliphatic carbocycles. The Labute approximate surface area is 150 Å². The number of likely N-dealkylation sites (tertiary alicyclic amines) is 1. The molecule has 0 aromatic heterocycles. The molecule has 2 aliphatic rings. The molecule has 4 heteroatoms. The van der Waals surface area contributed by atoms with Gasteiger partial charge in [-0.3, -0.25) is 9.59 Å². The predicted octanol–water partition coefficient (Wildman–Crippen LogP) is 3.15. The lowest BCUT2D eigenvalue weighted by atomic mass is 9.89. The molecule has 136 valence electrons. The zero-order valence-corrected chi connectivity index (χ0v) is 15.2. The van der Waals surface area contributed by atoms with E-state index in [1.807, 2.05) is 24.0 Å². The normalized spacial score (nSPS) is 19.4. The largest absolute Gasteiger partial charge is 0.393 e. The third-order valence-corrected chi connectivity index (χ3v) is 5.81. The molecule has 4 nitrogen and oxygen atoms in total. The number of carbonyl (C=O) groups excluding carboxylic acids is 2. The lowest BCUT2D eigenvalue weighted by molar-refractivity contribution is -0.133. The third-order valence-electron chi connectivity index (χ3n) is 5.81. The quantitative estimate of drug-likeness (QED) is 0.836. The van der Waals surface area contributed by atoms with Crippen molar-refractivity contribution in [2.45, 2.75) is 64.4 Å². The Morgan fingerprint density at radius 2 is 1.80 bits per heavy atom. The molecule has 1 aliphatic heterocycles. The van der Waals surface area contributed by atoms with Crippen LogP contribution >= 0.6 is 0 Å².